The summed E-state index contributed by atoms with van der Waals surface area (Å²) in [5.74, 6) is 2.60. The van der Waals surface area contributed by atoms with Gasteiger partial charge in [-0.2, -0.15) is 76.4 Å². The Balaban J connectivity index is 0.000000174. The van der Waals surface area contributed by atoms with Crippen LogP contribution in [0.5, 0.6) is 0 Å². The van der Waals surface area contributed by atoms with E-state index in [2.05, 4.69) is 280 Å². The van der Waals surface area contributed by atoms with Crippen LogP contribution in [0.1, 0.15) is 105 Å². The first-order valence-corrected chi connectivity index (χ1v) is 29.9. The first kappa shape index (κ1) is 56.7. The molecule has 0 aliphatic rings. The Morgan fingerprint density at radius 1 is 0.393 bits per heavy atom. The van der Waals surface area contributed by atoms with Crippen LogP contribution in [0.3, 0.4) is 0 Å². The van der Waals surface area contributed by atoms with Crippen LogP contribution >= 0.6 is 0 Å². The number of hydrogen-bond donors (Lipinski definition) is 0. The average Bonchev–Trinajstić information content (AvgIpc) is 1.59. The van der Waals surface area contributed by atoms with E-state index in [0.717, 1.165) is 100 Å². The monoisotopic (exact) mass is 1520 g/mol. The number of aryl methyl sites for hydroxylation is 1. The fraction of sp³-hybridized carbons (Fsp3) is 0.165. The van der Waals surface area contributed by atoms with E-state index in [0.29, 0.717) is 17.4 Å². The molecule has 0 fully saturated rings. The molecule has 0 amide bonds. The molecule has 0 unspecified atom stereocenters. The maximum Gasteiger partial charge on any atom is 0.188 e. The van der Waals surface area contributed by atoms with Crippen LogP contribution in [0.2, 0.25) is 0 Å². The molecular weight excluding hydrogens is 1450 g/mol. The minimum absolute atomic E-state index is 0. The van der Waals surface area contributed by atoms with Gasteiger partial charge in [0.2, 0.25) is 0 Å². The van der Waals surface area contributed by atoms with Gasteiger partial charge in [-0.3, -0.25) is 0 Å². The molecular formula is C79H68N8Pt2-2. The molecule has 0 aliphatic carbocycles. The fourth-order valence-corrected chi connectivity index (χ4v) is 12.4. The SMILES string of the molecule is CC(C)c1ccnc(-n2c3[c-]c(C(C)(C)c4[c-]c(-n5[cH+]n(-c6ccccc6)c6ccccc65)ccc4)ccc3c3ccccc32)c1.[2H]C([2H])([2H])n1[cH+]n(-c2[c-]c(C(C)(C)c3[c-]c4c(cc3)c3ccccc3n4-c3cc(C(C)C)ccn3)ccc2)c2ccccc21.[Pt].[Pt]. The molecule has 0 radical (unpaired) electrons. The van der Waals surface area contributed by atoms with E-state index in [4.69, 9.17) is 14.1 Å². The predicted molar refractivity (Wildman–Crippen MR) is 359 cm³/mol. The molecule has 0 aliphatic heterocycles. The van der Waals surface area contributed by atoms with E-state index in [9.17, 15) is 0 Å². The zero-order valence-corrected chi connectivity index (χ0v) is 55.4. The zero-order chi connectivity index (χ0) is 62.2. The molecule has 15 aromatic rings. The predicted octanol–water partition coefficient (Wildman–Crippen LogP) is 19.0. The van der Waals surface area contributed by atoms with Crippen molar-refractivity contribution in [2.75, 3.05) is 0 Å². The van der Waals surface area contributed by atoms with E-state index >= 15 is 0 Å². The van der Waals surface area contributed by atoms with Gasteiger partial charge in [-0.15, -0.1) is 46.2 Å². The Morgan fingerprint density at radius 3 is 1.27 bits per heavy atom. The molecule has 6 aromatic heterocycles. The van der Waals surface area contributed by atoms with Crippen LogP contribution in [0, 0.1) is 24.3 Å². The third-order valence-corrected chi connectivity index (χ3v) is 17.6. The molecule has 0 spiro atoms. The Hall–Kier alpha value is -8.80. The molecule has 0 bridgehead atoms. The van der Waals surface area contributed by atoms with E-state index in [-0.39, 0.29) is 47.5 Å². The summed E-state index contributed by atoms with van der Waals surface area (Å²) >= 11 is 0. The second-order valence-electron chi connectivity index (χ2n) is 24.4. The number of rotatable bonds is 11. The molecule has 6 heterocycles. The van der Waals surface area contributed by atoms with Gasteiger partial charge in [0, 0.05) is 112 Å². The Labute approximate surface area is 554 Å². The summed E-state index contributed by atoms with van der Waals surface area (Å²) in [6.07, 6.45) is 7.62. The largest absolute Gasteiger partial charge is 0.319 e. The quantitative estimate of drug-likeness (QED) is 0.121. The normalized spacial score (nSPS) is 12.5. The molecule has 8 nitrogen and oxygen atoms in total. The third kappa shape index (κ3) is 10.8. The third-order valence-electron chi connectivity index (χ3n) is 17.6. The van der Waals surface area contributed by atoms with E-state index in [1.807, 2.05) is 53.4 Å². The van der Waals surface area contributed by atoms with Crippen molar-refractivity contribution in [3.05, 3.63) is 295 Å². The standard InChI is InChI=1S/C42H35N4.C37H33N4.2Pt/c1-29(2)30-23-24-43-41(25-30)46-37-18-9-8-17-35(37)36-22-21-32(27-40(36)46)42(3,4)31-13-12-16-34(26-31)45-28-44(33-14-6-5-7-15-33)38-19-10-11-20-39(38)45;1-25(2)26-19-20-38-36(21-26)41-32-14-7-6-13-30(32)31-18-17-28(23-35(31)41)37(3,4)27-11-10-12-29(22-27)40-24-39(5)33-15-8-9-16-34(33)40;;/h5-25,28-29H,1-4H3;6-21,24-25H,1-5H3;;/q2*-1;;/i;5D3;;. The van der Waals surface area contributed by atoms with Crippen LogP contribution in [0.15, 0.2) is 237 Å². The van der Waals surface area contributed by atoms with E-state index in [1.54, 1.807) is 6.33 Å². The number of aromatic nitrogens is 8. The number of para-hydroxylation sites is 7. The fourth-order valence-electron chi connectivity index (χ4n) is 12.4. The van der Waals surface area contributed by atoms with E-state index < -0.39 is 12.4 Å². The number of hydrogen-bond acceptors (Lipinski definition) is 2. The number of fused-ring (bicyclic) bond motifs is 8. The first-order valence-electron chi connectivity index (χ1n) is 31.4. The summed E-state index contributed by atoms with van der Waals surface area (Å²) in [6.45, 7) is 15.4. The van der Waals surface area contributed by atoms with Gasteiger partial charge < -0.3 is 9.13 Å². The van der Waals surface area contributed by atoms with Crippen LogP contribution in [0.25, 0.3) is 94.4 Å². The summed E-state index contributed by atoms with van der Waals surface area (Å²) in [4.78, 5) is 9.64. The van der Waals surface area contributed by atoms with Gasteiger partial charge in [0.1, 0.15) is 17.3 Å². The summed E-state index contributed by atoms with van der Waals surface area (Å²) in [5.41, 5.74) is 16.8. The van der Waals surface area contributed by atoms with Crippen molar-refractivity contribution >= 4 is 65.7 Å². The molecule has 0 saturated carbocycles. The van der Waals surface area contributed by atoms with Crippen molar-refractivity contribution in [3.8, 4) is 28.7 Å². The van der Waals surface area contributed by atoms with E-state index in [1.165, 1.54) is 26.5 Å². The van der Waals surface area contributed by atoms with Crippen LogP contribution in [-0.4, -0.2) is 37.4 Å². The van der Waals surface area contributed by atoms with Crippen LogP contribution < -0.4 is 0 Å². The number of nitrogens with zero attached hydrogens (tertiary/aromatic N) is 8. The van der Waals surface area contributed by atoms with Gasteiger partial charge in [-0.1, -0.05) is 133 Å². The summed E-state index contributed by atoms with van der Waals surface area (Å²) < 4.78 is 36.4. The molecule has 89 heavy (non-hydrogen) atoms. The minimum atomic E-state index is -2.30. The van der Waals surface area contributed by atoms with Gasteiger partial charge in [0.15, 0.2) is 34.7 Å². The van der Waals surface area contributed by atoms with Gasteiger partial charge in [0.05, 0.1) is 0 Å². The number of pyridine rings is 2. The van der Waals surface area contributed by atoms with Gasteiger partial charge in [0.25, 0.3) is 0 Å². The second kappa shape index (κ2) is 24.3. The van der Waals surface area contributed by atoms with Crippen molar-refractivity contribution in [2.45, 2.75) is 78.1 Å². The van der Waals surface area contributed by atoms with Gasteiger partial charge in [-0.25, -0.2) is 23.7 Å². The van der Waals surface area contributed by atoms with Crippen LogP contribution in [0.4, 0.5) is 0 Å². The molecule has 15 rings (SSSR count). The average molecular weight is 1520 g/mol. The topological polar surface area (TPSA) is 55.4 Å². The minimum Gasteiger partial charge on any atom is -0.319 e. The molecule has 446 valence electrons. The molecule has 0 N–H and O–H groups in total. The van der Waals surface area contributed by atoms with Gasteiger partial charge >= 0.3 is 0 Å². The summed E-state index contributed by atoms with van der Waals surface area (Å²) in [5, 5.41) is 4.67. The summed E-state index contributed by atoms with van der Waals surface area (Å²) in [6, 6.07) is 88.6. The maximum absolute atomic E-state index is 8.06. The zero-order valence-electron chi connectivity index (χ0n) is 53.9. The first-order chi connectivity index (χ1) is 43.4. The Bertz CT molecular complexity index is 5220. The maximum atomic E-state index is 8.06. The number of benzene rings is 9. The molecule has 0 atom stereocenters. The molecule has 10 heteroatoms. The Kier molecular flexibility index (Phi) is 15.5. The van der Waals surface area contributed by atoms with Crippen molar-refractivity contribution in [2.24, 2.45) is 6.98 Å². The number of imidazole rings is 2. The molecule has 0 saturated heterocycles. The van der Waals surface area contributed by atoms with Crippen molar-refractivity contribution in [1.82, 2.24) is 37.4 Å². The summed E-state index contributed by atoms with van der Waals surface area (Å²) in [7, 11) is 0. The van der Waals surface area contributed by atoms with Crippen molar-refractivity contribution < 1.29 is 46.2 Å². The van der Waals surface area contributed by atoms with Crippen molar-refractivity contribution in [3.63, 3.8) is 0 Å². The second-order valence-corrected chi connectivity index (χ2v) is 24.4. The van der Waals surface area contributed by atoms with Crippen molar-refractivity contribution in [1.29, 1.82) is 0 Å². The smallest absolute Gasteiger partial charge is 0.188 e. The van der Waals surface area contributed by atoms with Gasteiger partial charge in [-0.05, 0) is 105 Å². The Morgan fingerprint density at radius 2 is 0.798 bits per heavy atom. The molecule has 9 aromatic carbocycles. The van der Waals surface area contributed by atoms with Crippen LogP contribution in [-0.2, 0) is 59.9 Å².